The number of oxime groups is 1. The monoisotopic (exact) mass is 301 g/mol. The van der Waals surface area contributed by atoms with Crippen LogP contribution in [0, 0.1) is 5.92 Å². The highest BCUT2D eigenvalue weighted by Crippen LogP contribution is 2.31. The molecule has 0 radical (unpaired) electrons. The van der Waals surface area contributed by atoms with E-state index in [9.17, 15) is 18.0 Å². The first-order chi connectivity index (χ1) is 9.88. The van der Waals surface area contributed by atoms with E-state index in [-0.39, 0.29) is 5.92 Å². The second kappa shape index (κ2) is 5.75. The number of alkyl halides is 3. The van der Waals surface area contributed by atoms with Crippen molar-refractivity contribution >= 4 is 11.7 Å². The second-order valence-electron chi connectivity index (χ2n) is 4.62. The van der Waals surface area contributed by atoms with Crippen LogP contribution in [0.4, 0.5) is 13.2 Å². The lowest BCUT2D eigenvalue weighted by Crippen LogP contribution is -2.32. The molecular weight excluding hydrogens is 287 g/mol. The van der Waals surface area contributed by atoms with Crippen molar-refractivity contribution < 1.29 is 27.5 Å². The van der Waals surface area contributed by atoms with Crippen LogP contribution in [0.25, 0.3) is 0 Å². The highest BCUT2D eigenvalue weighted by molar-refractivity contribution is 6.05. The van der Waals surface area contributed by atoms with Gasteiger partial charge in [0.25, 0.3) is 0 Å². The fourth-order valence-corrected chi connectivity index (χ4v) is 2.23. The van der Waals surface area contributed by atoms with E-state index in [2.05, 4.69) is 9.89 Å². The Bertz CT molecular complexity index is 552. The van der Waals surface area contributed by atoms with Crippen molar-refractivity contribution in [1.82, 2.24) is 0 Å². The van der Waals surface area contributed by atoms with Crippen LogP contribution in [-0.4, -0.2) is 24.9 Å². The van der Waals surface area contributed by atoms with Gasteiger partial charge in [0.05, 0.1) is 24.3 Å². The maximum atomic E-state index is 12.5. The maximum absolute atomic E-state index is 12.5. The zero-order valence-electron chi connectivity index (χ0n) is 11.5. The van der Waals surface area contributed by atoms with Gasteiger partial charge in [-0.2, -0.15) is 13.2 Å². The van der Waals surface area contributed by atoms with Crippen molar-refractivity contribution in [3.05, 3.63) is 35.4 Å². The fourth-order valence-electron chi connectivity index (χ4n) is 2.23. The summed E-state index contributed by atoms with van der Waals surface area (Å²) in [5.74, 6) is -0.887. The van der Waals surface area contributed by atoms with Gasteiger partial charge in [-0.15, -0.1) is 0 Å². The Morgan fingerprint density at radius 2 is 1.95 bits per heavy atom. The molecule has 1 aromatic rings. The third-order valence-corrected chi connectivity index (χ3v) is 3.36. The summed E-state index contributed by atoms with van der Waals surface area (Å²) < 4.78 is 42.2. The number of hydrogen-bond acceptors (Lipinski definition) is 4. The molecule has 0 fully saturated rings. The van der Waals surface area contributed by atoms with Crippen LogP contribution >= 0.6 is 0 Å². The minimum absolute atomic E-state index is 0.339. The molecule has 0 N–H and O–H groups in total. The van der Waals surface area contributed by atoms with Crippen molar-refractivity contribution in [2.45, 2.75) is 25.6 Å². The Hall–Kier alpha value is -2.05. The Morgan fingerprint density at radius 3 is 2.43 bits per heavy atom. The number of ether oxygens (including phenoxy) is 1. The van der Waals surface area contributed by atoms with Gasteiger partial charge in [-0.05, 0) is 24.1 Å². The summed E-state index contributed by atoms with van der Waals surface area (Å²) in [6.45, 7) is 1.84. The van der Waals surface area contributed by atoms with Gasteiger partial charge in [0, 0.05) is 0 Å². The third-order valence-electron chi connectivity index (χ3n) is 3.36. The standard InChI is InChI=1S/C14H14F3NO3/c1-3-10-11(18-21-12(10)13(19)20-2)8-4-6-9(7-5-8)14(15,16)17/h4-7,10,12H,3H2,1-2H3/t10-,12-/m0/s1. The lowest BCUT2D eigenvalue weighted by molar-refractivity contribution is -0.154. The quantitative estimate of drug-likeness (QED) is 0.806. The predicted molar refractivity (Wildman–Crippen MR) is 68.7 cm³/mol. The first-order valence-electron chi connectivity index (χ1n) is 6.37. The Kier molecular flexibility index (Phi) is 4.20. The third kappa shape index (κ3) is 3.01. The number of carbonyl (C=O) groups is 1. The molecule has 0 aliphatic carbocycles. The summed E-state index contributed by atoms with van der Waals surface area (Å²) in [5, 5.41) is 3.84. The van der Waals surface area contributed by atoms with Gasteiger partial charge in [0.2, 0.25) is 6.10 Å². The van der Waals surface area contributed by atoms with Crippen molar-refractivity contribution in [3.8, 4) is 0 Å². The zero-order chi connectivity index (χ0) is 15.6. The number of rotatable bonds is 3. The van der Waals surface area contributed by atoms with Gasteiger partial charge in [-0.1, -0.05) is 24.2 Å². The summed E-state index contributed by atoms with van der Waals surface area (Å²) in [4.78, 5) is 16.6. The molecule has 0 bridgehead atoms. The van der Waals surface area contributed by atoms with E-state index < -0.39 is 23.8 Å². The van der Waals surface area contributed by atoms with Gasteiger partial charge in [0.15, 0.2) is 0 Å². The lowest BCUT2D eigenvalue weighted by Gasteiger charge is -2.15. The summed E-state index contributed by atoms with van der Waals surface area (Å²) in [6.07, 6.45) is -4.68. The van der Waals surface area contributed by atoms with Crippen LogP contribution in [0.3, 0.4) is 0 Å². The molecule has 21 heavy (non-hydrogen) atoms. The number of methoxy groups -OCH3 is 1. The van der Waals surface area contributed by atoms with E-state index in [1.165, 1.54) is 19.2 Å². The molecule has 4 nitrogen and oxygen atoms in total. The van der Waals surface area contributed by atoms with Gasteiger partial charge in [-0.25, -0.2) is 4.79 Å². The van der Waals surface area contributed by atoms with Gasteiger partial charge in [-0.3, -0.25) is 0 Å². The smallest absolute Gasteiger partial charge is 0.416 e. The highest BCUT2D eigenvalue weighted by atomic mass is 19.4. The maximum Gasteiger partial charge on any atom is 0.416 e. The van der Waals surface area contributed by atoms with E-state index in [0.717, 1.165) is 12.1 Å². The predicted octanol–water partition coefficient (Wildman–Crippen LogP) is 3.01. The molecule has 1 aromatic carbocycles. The first kappa shape index (κ1) is 15.3. The molecule has 2 atom stereocenters. The molecule has 114 valence electrons. The molecule has 0 spiro atoms. The number of nitrogens with zero attached hydrogens (tertiary/aromatic N) is 1. The van der Waals surface area contributed by atoms with Gasteiger partial charge in [0.1, 0.15) is 0 Å². The van der Waals surface area contributed by atoms with E-state index in [1.54, 1.807) is 0 Å². The van der Waals surface area contributed by atoms with E-state index in [0.29, 0.717) is 17.7 Å². The van der Waals surface area contributed by atoms with E-state index in [1.807, 2.05) is 6.92 Å². The number of carbonyl (C=O) groups excluding carboxylic acids is 1. The van der Waals surface area contributed by atoms with Crippen LogP contribution in [-0.2, 0) is 20.5 Å². The number of benzene rings is 1. The minimum Gasteiger partial charge on any atom is -0.466 e. The Labute approximate surface area is 119 Å². The van der Waals surface area contributed by atoms with Crippen molar-refractivity contribution in [2.24, 2.45) is 11.1 Å². The van der Waals surface area contributed by atoms with E-state index in [4.69, 9.17) is 4.84 Å². The average Bonchev–Trinajstić information content (AvgIpc) is 2.89. The van der Waals surface area contributed by atoms with Crippen molar-refractivity contribution in [1.29, 1.82) is 0 Å². The van der Waals surface area contributed by atoms with Crippen molar-refractivity contribution in [3.63, 3.8) is 0 Å². The molecule has 2 rings (SSSR count). The van der Waals surface area contributed by atoms with E-state index >= 15 is 0 Å². The summed E-state index contributed by atoms with van der Waals surface area (Å²) >= 11 is 0. The number of hydrogen-bond donors (Lipinski definition) is 0. The molecule has 0 saturated carbocycles. The topological polar surface area (TPSA) is 47.9 Å². The molecule has 0 saturated heterocycles. The van der Waals surface area contributed by atoms with Crippen molar-refractivity contribution in [2.75, 3.05) is 7.11 Å². The molecular formula is C14H14F3NO3. The largest absolute Gasteiger partial charge is 0.466 e. The molecule has 7 heteroatoms. The summed E-state index contributed by atoms with van der Waals surface area (Å²) in [5.41, 5.74) is 0.228. The molecule has 0 aromatic heterocycles. The SMILES string of the molecule is CC[C@H]1C(c2ccc(C(F)(F)F)cc2)=NO[C@@H]1C(=O)OC. The number of esters is 1. The molecule has 1 aliphatic rings. The zero-order valence-corrected chi connectivity index (χ0v) is 11.5. The first-order valence-corrected chi connectivity index (χ1v) is 6.37. The normalized spacial score (nSPS) is 21.7. The fraction of sp³-hybridized carbons (Fsp3) is 0.429. The lowest BCUT2D eigenvalue weighted by atomic mass is 9.90. The van der Waals surface area contributed by atoms with Crippen LogP contribution in [0.1, 0.15) is 24.5 Å². The van der Waals surface area contributed by atoms with Crippen LogP contribution in [0.15, 0.2) is 29.4 Å². The molecule has 0 amide bonds. The number of halogens is 3. The molecule has 1 heterocycles. The Balaban J connectivity index is 2.24. The summed E-state index contributed by atoms with van der Waals surface area (Å²) in [6, 6.07) is 4.62. The second-order valence-corrected chi connectivity index (χ2v) is 4.62. The molecule has 0 unspecified atom stereocenters. The van der Waals surface area contributed by atoms with Gasteiger partial charge < -0.3 is 9.57 Å². The van der Waals surface area contributed by atoms with Gasteiger partial charge >= 0.3 is 12.1 Å². The minimum atomic E-state index is -4.38. The van der Waals surface area contributed by atoms with Crippen LogP contribution in [0.2, 0.25) is 0 Å². The average molecular weight is 301 g/mol. The highest BCUT2D eigenvalue weighted by Gasteiger charge is 2.40. The van der Waals surface area contributed by atoms with Crippen LogP contribution < -0.4 is 0 Å². The Morgan fingerprint density at radius 1 is 1.33 bits per heavy atom. The van der Waals surface area contributed by atoms with Crippen LogP contribution in [0.5, 0.6) is 0 Å². The molecule has 1 aliphatic heterocycles. The summed E-state index contributed by atoms with van der Waals surface area (Å²) in [7, 11) is 1.24.